The summed E-state index contributed by atoms with van der Waals surface area (Å²) < 4.78 is 4.67. The van der Waals surface area contributed by atoms with E-state index in [1.807, 2.05) is 13.8 Å². The quantitative estimate of drug-likeness (QED) is 0.664. The van der Waals surface area contributed by atoms with Crippen LogP contribution in [0.2, 0.25) is 0 Å². The number of hydrogen-bond donors (Lipinski definition) is 1. The molecule has 14 heavy (non-hydrogen) atoms. The van der Waals surface area contributed by atoms with E-state index in [1.165, 1.54) is 0 Å². The Labute approximate surface area is 84.4 Å². The highest BCUT2D eigenvalue weighted by Crippen LogP contribution is 1.87. The van der Waals surface area contributed by atoms with Gasteiger partial charge in [-0.3, -0.25) is 4.79 Å². The van der Waals surface area contributed by atoms with E-state index in [2.05, 4.69) is 10.1 Å². The molecule has 0 aromatic carbocycles. The fourth-order valence-electron chi connectivity index (χ4n) is 0.982. The minimum atomic E-state index is -0.409. The van der Waals surface area contributed by atoms with Gasteiger partial charge in [-0.2, -0.15) is 0 Å². The molecular weight excluding hydrogens is 184 g/mol. The van der Waals surface area contributed by atoms with E-state index in [4.69, 9.17) is 0 Å². The number of amides is 2. The molecule has 0 bridgehead atoms. The molecule has 0 rings (SSSR count). The molecule has 5 nitrogen and oxygen atoms in total. The Morgan fingerprint density at radius 1 is 1.21 bits per heavy atom. The molecule has 82 valence electrons. The van der Waals surface area contributed by atoms with Gasteiger partial charge in [-0.1, -0.05) is 0 Å². The minimum Gasteiger partial charge on any atom is -0.465 e. The smallest absolute Gasteiger partial charge is 0.325 e. The van der Waals surface area contributed by atoms with Crippen LogP contribution in [0.15, 0.2) is 0 Å². The minimum absolute atomic E-state index is 0.0663. The highest BCUT2D eigenvalue weighted by Gasteiger charge is 2.10. The number of hydrogen-bond acceptors (Lipinski definition) is 3. The molecule has 0 atom stereocenters. The van der Waals surface area contributed by atoms with Crippen LogP contribution in [0, 0.1) is 0 Å². The molecule has 2 amide bonds. The summed E-state index contributed by atoms with van der Waals surface area (Å²) >= 11 is 0. The number of esters is 1. The first-order chi connectivity index (χ1) is 6.65. The lowest BCUT2D eigenvalue weighted by molar-refractivity contribution is -0.141. The topological polar surface area (TPSA) is 58.6 Å². The molecule has 0 aliphatic carbocycles. The lowest BCUT2D eigenvalue weighted by Gasteiger charge is -2.18. The van der Waals surface area contributed by atoms with Crippen molar-refractivity contribution in [1.29, 1.82) is 0 Å². The summed E-state index contributed by atoms with van der Waals surface area (Å²) in [6.07, 6.45) is 0. The number of ether oxygens (including phenoxy) is 1. The van der Waals surface area contributed by atoms with Crippen molar-refractivity contribution in [2.75, 3.05) is 26.2 Å². The summed E-state index contributed by atoms with van der Waals surface area (Å²) in [5, 5.41) is 2.48. The zero-order chi connectivity index (χ0) is 11.0. The maximum absolute atomic E-state index is 11.3. The van der Waals surface area contributed by atoms with Crippen LogP contribution in [-0.4, -0.2) is 43.1 Å². The standard InChI is InChI=1S/C9H18N2O3/c1-4-11(5-2)9(13)10-7-8(12)14-6-3/h4-7H2,1-3H3,(H,10,13). The Hall–Kier alpha value is -1.26. The van der Waals surface area contributed by atoms with Crippen LogP contribution >= 0.6 is 0 Å². The Kier molecular flexibility index (Phi) is 6.53. The van der Waals surface area contributed by atoms with Crippen molar-refractivity contribution in [2.24, 2.45) is 0 Å². The fraction of sp³-hybridized carbons (Fsp3) is 0.778. The molecule has 0 saturated carbocycles. The summed E-state index contributed by atoms with van der Waals surface area (Å²) in [4.78, 5) is 23.8. The molecule has 0 radical (unpaired) electrons. The second-order valence-electron chi connectivity index (χ2n) is 2.64. The van der Waals surface area contributed by atoms with E-state index in [0.717, 1.165) is 0 Å². The summed E-state index contributed by atoms with van der Waals surface area (Å²) in [6.45, 7) is 7.02. The zero-order valence-electron chi connectivity index (χ0n) is 9.00. The molecule has 0 saturated heterocycles. The van der Waals surface area contributed by atoms with Crippen LogP contribution in [-0.2, 0) is 9.53 Å². The second kappa shape index (κ2) is 7.17. The third-order valence-corrected chi connectivity index (χ3v) is 1.74. The third-order valence-electron chi connectivity index (χ3n) is 1.74. The van der Waals surface area contributed by atoms with E-state index >= 15 is 0 Å². The van der Waals surface area contributed by atoms with E-state index in [0.29, 0.717) is 19.7 Å². The Morgan fingerprint density at radius 3 is 2.21 bits per heavy atom. The van der Waals surface area contributed by atoms with Gasteiger partial charge < -0.3 is 15.0 Å². The van der Waals surface area contributed by atoms with Crippen LogP contribution in [0.3, 0.4) is 0 Å². The molecule has 0 aromatic heterocycles. The molecule has 0 aromatic rings. The van der Waals surface area contributed by atoms with Crippen molar-refractivity contribution in [3.63, 3.8) is 0 Å². The first kappa shape index (κ1) is 12.7. The lowest BCUT2D eigenvalue weighted by Crippen LogP contribution is -2.42. The van der Waals surface area contributed by atoms with Crippen molar-refractivity contribution in [2.45, 2.75) is 20.8 Å². The van der Waals surface area contributed by atoms with Gasteiger partial charge in [0.15, 0.2) is 0 Å². The summed E-state index contributed by atoms with van der Waals surface area (Å²) in [6, 6.07) is -0.233. The van der Waals surface area contributed by atoms with Crippen LogP contribution in [0.25, 0.3) is 0 Å². The molecular formula is C9H18N2O3. The van der Waals surface area contributed by atoms with Crippen LogP contribution in [0.1, 0.15) is 20.8 Å². The summed E-state index contributed by atoms with van der Waals surface area (Å²) in [7, 11) is 0. The SMILES string of the molecule is CCOC(=O)CNC(=O)N(CC)CC. The van der Waals surface area contributed by atoms with Gasteiger partial charge in [-0.25, -0.2) is 4.79 Å². The average Bonchev–Trinajstić information content (AvgIpc) is 2.17. The van der Waals surface area contributed by atoms with Gasteiger partial charge in [0.25, 0.3) is 0 Å². The number of carbonyl (C=O) groups is 2. The maximum atomic E-state index is 11.3. The predicted molar refractivity (Wildman–Crippen MR) is 53.0 cm³/mol. The van der Waals surface area contributed by atoms with Gasteiger partial charge in [-0.05, 0) is 20.8 Å². The van der Waals surface area contributed by atoms with E-state index in [1.54, 1.807) is 11.8 Å². The molecule has 5 heteroatoms. The Bertz CT molecular complexity index is 190. The fourth-order valence-corrected chi connectivity index (χ4v) is 0.982. The Morgan fingerprint density at radius 2 is 1.79 bits per heavy atom. The van der Waals surface area contributed by atoms with Crippen LogP contribution < -0.4 is 5.32 Å². The first-order valence-corrected chi connectivity index (χ1v) is 4.84. The van der Waals surface area contributed by atoms with Crippen molar-refractivity contribution >= 4 is 12.0 Å². The molecule has 1 N–H and O–H groups in total. The lowest BCUT2D eigenvalue weighted by atomic mass is 10.5. The number of nitrogens with zero attached hydrogens (tertiary/aromatic N) is 1. The van der Waals surface area contributed by atoms with E-state index in [-0.39, 0.29) is 12.6 Å². The van der Waals surface area contributed by atoms with Gasteiger partial charge in [-0.15, -0.1) is 0 Å². The highest BCUT2D eigenvalue weighted by molar-refractivity contribution is 5.80. The summed E-state index contributed by atoms with van der Waals surface area (Å²) in [5.74, 6) is -0.409. The van der Waals surface area contributed by atoms with Crippen LogP contribution in [0.5, 0.6) is 0 Å². The highest BCUT2D eigenvalue weighted by atomic mass is 16.5. The monoisotopic (exact) mass is 202 g/mol. The van der Waals surface area contributed by atoms with Gasteiger partial charge >= 0.3 is 12.0 Å². The van der Waals surface area contributed by atoms with Crippen molar-refractivity contribution < 1.29 is 14.3 Å². The molecule has 0 heterocycles. The number of urea groups is 1. The number of rotatable bonds is 5. The Balaban J connectivity index is 3.77. The molecule has 0 unspecified atom stereocenters. The summed E-state index contributed by atoms with van der Waals surface area (Å²) in [5.41, 5.74) is 0. The molecule has 0 aliphatic rings. The molecule has 0 fully saturated rings. The van der Waals surface area contributed by atoms with Gasteiger partial charge in [0.05, 0.1) is 6.61 Å². The normalized spacial score (nSPS) is 9.36. The van der Waals surface area contributed by atoms with E-state index in [9.17, 15) is 9.59 Å². The van der Waals surface area contributed by atoms with Gasteiger partial charge in [0.1, 0.15) is 6.54 Å². The third kappa shape index (κ3) is 4.69. The maximum Gasteiger partial charge on any atom is 0.325 e. The number of nitrogens with one attached hydrogen (secondary N) is 1. The largest absolute Gasteiger partial charge is 0.465 e. The average molecular weight is 202 g/mol. The first-order valence-electron chi connectivity index (χ1n) is 4.84. The zero-order valence-corrected chi connectivity index (χ0v) is 9.00. The predicted octanol–water partition coefficient (Wildman–Crippen LogP) is 0.601. The van der Waals surface area contributed by atoms with Gasteiger partial charge in [0.2, 0.25) is 0 Å². The van der Waals surface area contributed by atoms with E-state index < -0.39 is 5.97 Å². The molecule has 0 aliphatic heterocycles. The van der Waals surface area contributed by atoms with Crippen molar-refractivity contribution in [3.05, 3.63) is 0 Å². The number of carbonyl (C=O) groups excluding carboxylic acids is 2. The van der Waals surface area contributed by atoms with Crippen molar-refractivity contribution in [3.8, 4) is 0 Å². The van der Waals surface area contributed by atoms with Gasteiger partial charge in [0, 0.05) is 13.1 Å². The van der Waals surface area contributed by atoms with Crippen LogP contribution in [0.4, 0.5) is 4.79 Å². The van der Waals surface area contributed by atoms with Crippen molar-refractivity contribution in [1.82, 2.24) is 10.2 Å². The molecule has 0 spiro atoms. The second-order valence-corrected chi connectivity index (χ2v) is 2.64.